The van der Waals surface area contributed by atoms with Crippen LogP contribution in [0, 0.1) is 0 Å². The number of amidine groups is 1. The van der Waals surface area contributed by atoms with Gasteiger partial charge >= 0.3 is 0 Å². The third-order valence-electron chi connectivity index (χ3n) is 4.88. The van der Waals surface area contributed by atoms with Crippen LogP contribution in [0.25, 0.3) is 11.0 Å². The SMILES string of the molecule is C=C1C=CC(c2cnn(C)c2)=NN1C(=NC)Sc1ccc2ncn(CCN(C)C)c2c1. The molecule has 0 bridgehead atoms. The van der Waals surface area contributed by atoms with Gasteiger partial charge in [0.2, 0.25) is 0 Å². The largest absolute Gasteiger partial charge is 0.329 e. The highest BCUT2D eigenvalue weighted by molar-refractivity contribution is 8.13. The highest BCUT2D eigenvalue weighted by atomic mass is 32.2. The second kappa shape index (κ2) is 8.91. The topological polar surface area (TPSA) is 66.8 Å². The van der Waals surface area contributed by atoms with Crippen molar-refractivity contribution >= 4 is 33.7 Å². The number of hydrogen-bond donors (Lipinski definition) is 0. The predicted molar refractivity (Wildman–Crippen MR) is 127 cm³/mol. The first-order chi connectivity index (χ1) is 14.9. The summed E-state index contributed by atoms with van der Waals surface area (Å²) in [6.45, 7) is 5.98. The second-order valence-electron chi connectivity index (χ2n) is 7.52. The minimum Gasteiger partial charge on any atom is -0.329 e. The zero-order valence-electron chi connectivity index (χ0n) is 18.2. The van der Waals surface area contributed by atoms with E-state index in [4.69, 9.17) is 5.10 Å². The first kappa shape index (κ1) is 21.1. The summed E-state index contributed by atoms with van der Waals surface area (Å²) >= 11 is 1.55. The number of imidazole rings is 1. The Morgan fingerprint density at radius 1 is 1.26 bits per heavy atom. The molecule has 0 N–H and O–H groups in total. The number of hydrogen-bond acceptors (Lipinski definition) is 6. The van der Waals surface area contributed by atoms with Gasteiger partial charge in [-0.05, 0) is 44.4 Å². The fourth-order valence-electron chi connectivity index (χ4n) is 3.20. The lowest BCUT2D eigenvalue weighted by Gasteiger charge is -2.24. The van der Waals surface area contributed by atoms with Crippen LogP contribution >= 0.6 is 11.8 Å². The van der Waals surface area contributed by atoms with E-state index in [1.165, 1.54) is 0 Å². The van der Waals surface area contributed by atoms with Crippen LogP contribution in [0.15, 0.2) is 76.3 Å². The third kappa shape index (κ3) is 4.62. The number of fused-ring (bicyclic) bond motifs is 1. The molecule has 1 aliphatic rings. The number of aryl methyl sites for hydroxylation is 1. The van der Waals surface area contributed by atoms with Crippen molar-refractivity contribution in [2.75, 3.05) is 27.7 Å². The van der Waals surface area contributed by atoms with E-state index in [1.54, 1.807) is 34.7 Å². The zero-order valence-corrected chi connectivity index (χ0v) is 19.0. The number of nitrogens with zero attached hydrogens (tertiary/aromatic N) is 8. The number of benzene rings is 1. The number of likely N-dealkylation sites (N-methyl/N-ethyl adjacent to an activating group) is 1. The Bertz CT molecular complexity index is 1200. The number of aliphatic imine (C=N–C) groups is 1. The molecule has 0 spiro atoms. The molecule has 2 aromatic heterocycles. The monoisotopic (exact) mass is 434 g/mol. The van der Waals surface area contributed by atoms with Crippen molar-refractivity contribution in [3.8, 4) is 0 Å². The number of thioether (sulfide) groups is 1. The van der Waals surface area contributed by atoms with Crippen molar-refractivity contribution in [2.45, 2.75) is 11.4 Å². The summed E-state index contributed by atoms with van der Waals surface area (Å²) in [5.41, 5.74) is 4.62. The smallest absolute Gasteiger partial charge is 0.189 e. The Hall–Kier alpha value is -3.17. The van der Waals surface area contributed by atoms with Crippen LogP contribution in [0.4, 0.5) is 0 Å². The molecule has 0 saturated heterocycles. The summed E-state index contributed by atoms with van der Waals surface area (Å²) in [5.74, 6) is 0. The molecule has 1 aromatic carbocycles. The lowest BCUT2D eigenvalue weighted by atomic mass is 10.2. The Morgan fingerprint density at radius 3 is 2.81 bits per heavy atom. The van der Waals surface area contributed by atoms with Crippen LogP contribution in [0.5, 0.6) is 0 Å². The minimum atomic E-state index is 0.745. The van der Waals surface area contributed by atoms with Gasteiger partial charge in [-0.1, -0.05) is 18.3 Å². The van der Waals surface area contributed by atoms with Crippen molar-refractivity contribution in [1.82, 2.24) is 29.2 Å². The maximum atomic E-state index is 4.77. The normalized spacial score (nSPS) is 14.7. The maximum absolute atomic E-state index is 4.77. The van der Waals surface area contributed by atoms with Gasteiger partial charge in [-0.3, -0.25) is 9.67 Å². The Kier molecular flexibility index (Phi) is 6.06. The highest BCUT2D eigenvalue weighted by Crippen LogP contribution is 2.28. The number of rotatable bonds is 5. The molecular weight excluding hydrogens is 408 g/mol. The molecule has 0 unspecified atom stereocenters. The lowest BCUT2D eigenvalue weighted by molar-refractivity contribution is 0.386. The van der Waals surface area contributed by atoms with Gasteiger partial charge in [-0.2, -0.15) is 10.2 Å². The second-order valence-corrected chi connectivity index (χ2v) is 8.57. The van der Waals surface area contributed by atoms with Gasteiger partial charge in [0, 0.05) is 43.8 Å². The molecule has 9 heteroatoms. The van der Waals surface area contributed by atoms with Crippen molar-refractivity contribution in [3.05, 3.63) is 66.9 Å². The van der Waals surface area contributed by atoms with E-state index in [0.29, 0.717) is 0 Å². The fourth-order valence-corrected chi connectivity index (χ4v) is 4.05. The van der Waals surface area contributed by atoms with E-state index in [0.717, 1.165) is 51.2 Å². The Morgan fingerprint density at radius 2 is 2.10 bits per heavy atom. The third-order valence-corrected chi connectivity index (χ3v) is 5.90. The predicted octanol–water partition coefficient (Wildman–Crippen LogP) is 3.20. The summed E-state index contributed by atoms with van der Waals surface area (Å²) in [6, 6.07) is 6.27. The summed E-state index contributed by atoms with van der Waals surface area (Å²) in [6.07, 6.45) is 9.53. The van der Waals surface area contributed by atoms with Crippen molar-refractivity contribution in [2.24, 2.45) is 17.1 Å². The molecule has 3 heterocycles. The summed E-state index contributed by atoms with van der Waals surface area (Å²) in [4.78, 5) is 12.3. The van der Waals surface area contributed by atoms with Crippen molar-refractivity contribution < 1.29 is 0 Å². The van der Waals surface area contributed by atoms with Gasteiger partial charge in [-0.25, -0.2) is 9.99 Å². The Balaban J connectivity index is 1.59. The van der Waals surface area contributed by atoms with E-state index in [9.17, 15) is 0 Å². The van der Waals surface area contributed by atoms with Crippen LogP contribution < -0.4 is 0 Å². The molecule has 0 atom stereocenters. The summed E-state index contributed by atoms with van der Waals surface area (Å²) in [7, 11) is 7.81. The van der Waals surface area contributed by atoms with Crippen LogP contribution in [-0.2, 0) is 13.6 Å². The number of hydrazone groups is 1. The standard InChI is InChI=1S/C22H26N8S/c1-16-6-8-19(17-13-25-28(5)14-17)26-30(16)22(23-2)31-18-7-9-20-21(12-18)29(15-24-20)11-10-27(3)4/h6-9,12-15H,1,10-11H2,2-5H3. The number of aromatic nitrogens is 4. The Labute approximate surface area is 186 Å². The number of allylic oxidation sites excluding steroid dienone is 2. The quantitative estimate of drug-likeness (QED) is 0.351. The average Bonchev–Trinajstić information content (AvgIpc) is 3.37. The van der Waals surface area contributed by atoms with E-state index < -0.39 is 0 Å². The first-order valence-corrected chi connectivity index (χ1v) is 10.8. The summed E-state index contributed by atoms with van der Waals surface area (Å²) < 4.78 is 3.95. The zero-order chi connectivity index (χ0) is 22.0. The first-order valence-electron chi connectivity index (χ1n) is 9.93. The minimum absolute atomic E-state index is 0.745. The van der Waals surface area contributed by atoms with Crippen LogP contribution in [-0.4, -0.2) is 67.8 Å². The molecule has 0 aliphatic carbocycles. The molecule has 0 amide bonds. The van der Waals surface area contributed by atoms with Gasteiger partial charge in [0.15, 0.2) is 5.17 Å². The van der Waals surface area contributed by atoms with Crippen LogP contribution in [0.1, 0.15) is 5.56 Å². The van der Waals surface area contributed by atoms with Gasteiger partial charge in [0.1, 0.15) is 0 Å². The molecule has 160 valence electrons. The average molecular weight is 435 g/mol. The van der Waals surface area contributed by atoms with Gasteiger partial charge in [0.25, 0.3) is 0 Å². The fraction of sp³-hybridized carbons (Fsp3) is 0.273. The highest BCUT2D eigenvalue weighted by Gasteiger charge is 2.19. The lowest BCUT2D eigenvalue weighted by Crippen LogP contribution is -2.25. The molecule has 0 radical (unpaired) electrons. The van der Waals surface area contributed by atoms with Crippen molar-refractivity contribution in [1.29, 1.82) is 0 Å². The van der Waals surface area contributed by atoms with Crippen molar-refractivity contribution in [3.63, 3.8) is 0 Å². The maximum Gasteiger partial charge on any atom is 0.189 e. The molecule has 3 aromatic rings. The molecular formula is C22H26N8S. The molecule has 4 rings (SSSR count). The van der Waals surface area contributed by atoms with Crippen LogP contribution in [0.2, 0.25) is 0 Å². The molecule has 0 fully saturated rings. The van der Waals surface area contributed by atoms with Gasteiger partial charge < -0.3 is 9.47 Å². The van der Waals surface area contributed by atoms with E-state index in [1.807, 2.05) is 37.8 Å². The van der Waals surface area contributed by atoms with Gasteiger partial charge in [0.05, 0.1) is 35.0 Å². The molecule has 0 saturated carbocycles. The summed E-state index contributed by atoms with van der Waals surface area (Å²) in [5, 5.41) is 11.5. The van der Waals surface area contributed by atoms with Crippen LogP contribution in [0.3, 0.4) is 0 Å². The molecule has 1 aliphatic heterocycles. The van der Waals surface area contributed by atoms with E-state index >= 15 is 0 Å². The van der Waals surface area contributed by atoms with E-state index in [2.05, 4.69) is 57.3 Å². The molecule has 31 heavy (non-hydrogen) atoms. The molecule has 8 nitrogen and oxygen atoms in total. The van der Waals surface area contributed by atoms with Gasteiger partial charge in [-0.15, -0.1) is 0 Å². The van der Waals surface area contributed by atoms with E-state index in [-0.39, 0.29) is 0 Å².